The minimum Gasteiger partial charge on any atom is -0.277 e. The van der Waals surface area contributed by atoms with Crippen LogP contribution in [0.2, 0.25) is 5.02 Å². The molecule has 0 fully saturated rings. The third-order valence-corrected chi connectivity index (χ3v) is 2.66. The van der Waals surface area contributed by atoms with E-state index in [1.165, 1.54) is 0 Å². The SMILES string of the molecule is Cl/C(=N\Nc1ccccc1)c1cccc(Cl)c1. The second kappa shape index (κ2) is 5.71. The van der Waals surface area contributed by atoms with E-state index in [2.05, 4.69) is 10.5 Å². The largest absolute Gasteiger partial charge is 0.277 e. The predicted octanol–water partition coefficient (Wildman–Crippen LogP) is 4.35. The molecule has 2 rings (SSSR count). The zero-order valence-electron chi connectivity index (χ0n) is 8.90. The van der Waals surface area contributed by atoms with Gasteiger partial charge in [-0.2, -0.15) is 5.10 Å². The van der Waals surface area contributed by atoms with Crippen molar-refractivity contribution in [3.05, 3.63) is 65.2 Å². The molecular weight excluding hydrogens is 255 g/mol. The van der Waals surface area contributed by atoms with Crippen LogP contribution in [-0.4, -0.2) is 5.17 Å². The molecule has 0 aliphatic heterocycles. The molecule has 4 heteroatoms. The Kier molecular flexibility index (Phi) is 4.02. The van der Waals surface area contributed by atoms with Crippen molar-refractivity contribution in [2.24, 2.45) is 5.10 Å². The smallest absolute Gasteiger partial charge is 0.156 e. The van der Waals surface area contributed by atoms with Crippen LogP contribution in [0.4, 0.5) is 5.69 Å². The van der Waals surface area contributed by atoms with Gasteiger partial charge in [0.25, 0.3) is 0 Å². The fourth-order valence-electron chi connectivity index (χ4n) is 1.31. The molecule has 0 aliphatic carbocycles. The van der Waals surface area contributed by atoms with Gasteiger partial charge < -0.3 is 0 Å². The summed E-state index contributed by atoms with van der Waals surface area (Å²) in [5.41, 5.74) is 4.54. The highest BCUT2D eigenvalue weighted by Crippen LogP contribution is 2.14. The van der Waals surface area contributed by atoms with Crippen LogP contribution in [0.25, 0.3) is 0 Å². The zero-order valence-corrected chi connectivity index (χ0v) is 10.4. The Morgan fingerprint density at radius 3 is 2.47 bits per heavy atom. The van der Waals surface area contributed by atoms with Gasteiger partial charge >= 0.3 is 0 Å². The second-order valence-electron chi connectivity index (χ2n) is 3.39. The molecule has 1 N–H and O–H groups in total. The van der Waals surface area contributed by atoms with Crippen LogP contribution >= 0.6 is 23.2 Å². The number of benzene rings is 2. The molecule has 0 radical (unpaired) electrons. The first-order valence-electron chi connectivity index (χ1n) is 5.06. The van der Waals surface area contributed by atoms with Crippen molar-refractivity contribution >= 4 is 34.1 Å². The fourth-order valence-corrected chi connectivity index (χ4v) is 1.66. The lowest BCUT2D eigenvalue weighted by Crippen LogP contribution is -1.96. The predicted molar refractivity (Wildman–Crippen MR) is 73.9 cm³/mol. The number of halogens is 2. The highest BCUT2D eigenvalue weighted by molar-refractivity contribution is 6.69. The molecule has 0 amide bonds. The molecule has 0 unspecified atom stereocenters. The maximum Gasteiger partial charge on any atom is 0.156 e. The molecule has 0 saturated heterocycles. The van der Waals surface area contributed by atoms with Crippen LogP contribution in [0, 0.1) is 0 Å². The van der Waals surface area contributed by atoms with Gasteiger partial charge in [0, 0.05) is 10.6 Å². The van der Waals surface area contributed by atoms with E-state index >= 15 is 0 Å². The number of rotatable bonds is 3. The van der Waals surface area contributed by atoms with Gasteiger partial charge in [-0.3, -0.25) is 5.43 Å². The van der Waals surface area contributed by atoms with Crippen molar-refractivity contribution in [3.8, 4) is 0 Å². The van der Waals surface area contributed by atoms with Gasteiger partial charge in [-0.05, 0) is 24.3 Å². The maximum atomic E-state index is 6.06. The highest BCUT2D eigenvalue weighted by atomic mass is 35.5. The molecule has 0 aliphatic rings. The monoisotopic (exact) mass is 264 g/mol. The van der Waals surface area contributed by atoms with Crippen LogP contribution in [0.3, 0.4) is 0 Å². The van der Waals surface area contributed by atoms with Gasteiger partial charge in [0.1, 0.15) is 0 Å². The lowest BCUT2D eigenvalue weighted by Gasteiger charge is -2.02. The lowest BCUT2D eigenvalue weighted by atomic mass is 10.2. The van der Waals surface area contributed by atoms with E-state index in [4.69, 9.17) is 23.2 Å². The van der Waals surface area contributed by atoms with Crippen LogP contribution in [0.15, 0.2) is 59.7 Å². The van der Waals surface area contributed by atoms with Gasteiger partial charge in [-0.1, -0.05) is 53.5 Å². The zero-order chi connectivity index (χ0) is 12.1. The Bertz CT molecular complexity index is 524. The number of para-hydroxylation sites is 1. The summed E-state index contributed by atoms with van der Waals surface area (Å²) in [7, 11) is 0. The molecule has 0 heterocycles. The maximum absolute atomic E-state index is 6.06. The molecular formula is C13H10Cl2N2. The third kappa shape index (κ3) is 3.48. The highest BCUT2D eigenvalue weighted by Gasteiger charge is 2.00. The van der Waals surface area contributed by atoms with Gasteiger partial charge in [0.15, 0.2) is 5.17 Å². The van der Waals surface area contributed by atoms with Gasteiger partial charge in [-0.15, -0.1) is 0 Å². The molecule has 0 saturated carbocycles. The number of anilines is 1. The number of nitrogens with zero attached hydrogens (tertiary/aromatic N) is 1. The average molecular weight is 265 g/mol. The quantitative estimate of drug-likeness (QED) is 0.647. The van der Waals surface area contributed by atoms with Crippen molar-refractivity contribution in [1.29, 1.82) is 0 Å². The second-order valence-corrected chi connectivity index (χ2v) is 4.19. The van der Waals surface area contributed by atoms with Crippen LogP contribution < -0.4 is 5.43 Å². The van der Waals surface area contributed by atoms with E-state index in [1.807, 2.05) is 42.5 Å². The van der Waals surface area contributed by atoms with Crippen LogP contribution in [0.5, 0.6) is 0 Å². The summed E-state index contributed by atoms with van der Waals surface area (Å²) in [4.78, 5) is 0. The molecule has 2 aromatic carbocycles. The first-order valence-corrected chi connectivity index (χ1v) is 5.81. The summed E-state index contributed by atoms with van der Waals surface area (Å²) < 4.78 is 0. The Labute approximate surface area is 110 Å². The first kappa shape index (κ1) is 12.0. The van der Waals surface area contributed by atoms with Crippen LogP contribution in [-0.2, 0) is 0 Å². The number of hydrogen-bond acceptors (Lipinski definition) is 2. The molecule has 2 nitrogen and oxygen atoms in total. The topological polar surface area (TPSA) is 24.4 Å². The summed E-state index contributed by atoms with van der Waals surface area (Å²) in [6.45, 7) is 0. The normalized spacial score (nSPS) is 11.3. The summed E-state index contributed by atoms with van der Waals surface area (Å²) in [5, 5.41) is 5.09. The molecule has 0 aromatic heterocycles. The Balaban J connectivity index is 2.12. The van der Waals surface area contributed by atoms with E-state index in [0.29, 0.717) is 10.2 Å². The molecule has 0 bridgehead atoms. The Hall–Kier alpha value is -1.51. The number of nitrogens with one attached hydrogen (secondary N) is 1. The fraction of sp³-hybridized carbons (Fsp3) is 0. The molecule has 2 aromatic rings. The van der Waals surface area contributed by atoms with Gasteiger partial charge in [0.2, 0.25) is 0 Å². The van der Waals surface area contributed by atoms with E-state index in [0.717, 1.165) is 11.3 Å². The van der Waals surface area contributed by atoms with E-state index < -0.39 is 0 Å². The van der Waals surface area contributed by atoms with Gasteiger partial charge in [-0.25, -0.2) is 0 Å². The van der Waals surface area contributed by atoms with Crippen molar-refractivity contribution in [2.45, 2.75) is 0 Å². The Morgan fingerprint density at radius 2 is 1.76 bits per heavy atom. The molecule has 0 atom stereocenters. The van der Waals surface area contributed by atoms with E-state index in [1.54, 1.807) is 12.1 Å². The van der Waals surface area contributed by atoms with E-state index in [-0.39, 0.29) is 0 Å². The average Bonchev–Trinajstić information content (AvgIpc) is 2.37. The molecule has 17 heavy (non-hydrogen) atoms. The molecule has 0 spiro atoms. The van der Waals surface area contributed by atoms with Crippen molar-refractivity contribution < 1.29 is 0 Å². The summed E-state index contributed by atoms with van der Waals surface area (Å²) >= 11 is 11.9. The van der Waals surface area contributed by atoms with Crippen molar-refractivity contribution in [1.82, 2.24) is 0 Å². The summed E-state index contributed by atoms with van der Waals surface area (Å²) in [6, 6.07) is 16.8. The molecule has 86 valence electrons. The summed E-state index contributed by atoms with van der Waals surface area (Å²) in [6.07, 6.45) is 0. The standard InChI is InChI=1S/C13H10Cl2N2/c14-11-6-4-5-10(9-11)13(15)17-16-12-7-2-1-3-8-12/h1-9,16H/b17-13-. The van der Waals surface area contributed by atoms with Crippen molar-refractivity contribution in [2.75, 3.05) is 5.43 Å². The third-order valence-electron chi connectivity index (χ3n) is 2.12. The van der Waals surface area contributed by atoms with Crippen molar-refractivity contribution in [3.63, 3.8) is 0 Å². The number of hydrogen-bond donors (Lipinski definition) is 1. The van der Waals surface area contributed by atoms with E-state index in [9.17, 15) is 0 Å². The van der Waals surface area contributed by atoms with Crippen LogP contribution in [0.1, 0.15) is 5.56 Å². The lowest BCUT2D eigenvalue weighted by molar-refractivity contribution is 1.34. The minimum absolute atomic E-state index is 0.372. The first-order chi connectivity index (χ1) is 8.25. The summed E-state index contributed by atoms with van der Waals surface area (Å²) in [5.74, 6) is 0. The number of hydrazone groups is 1. The van der Waals surface area contributed by atoms with Gasteiger partial charge in [0.05, 0.1) is 5.69 Å². The minimum atomic E-state index is 0.372. The Morgan fingerprint density at radius 1 is 1.00 bits per heavy atom.